The molecule has 0 spiro atoms. The van der Waals surface area contributed by atoms with Crippen molar-refractivity contribution >= 4 is 35.3 Å². The molecule has 3 rings (SSSR count). The molecule has 1 aromatic rings. The van der Waals surface area contributed by atoms with Crippen LogP contribution in [0.15, 0.2) is 64.8 Å². The third-order valence-corrected chi connectivity index (χ3v) is 6.32. The number of anilines is 1. The van der Waals surface area contributed by atoms with Crippen molar-refractivity contribution in [3.05, 3.63) is 65.2 Å². The van der Waals surface area contributed by atoms with E-state index in [-0.39, 0.29) is 0 Å². The molecule has 39 heavy (non-hydrogen) atoms. The number of hydrogen-bond donors (Lipinski definition) is 3. The molecule has 3 unspecified atom stereocenters. The molecule has 9 heteroatoms. The first kappa shape index (κ1) is 34.1. The zero-order chi connectivity index (χ0) is 29.2. The van der Waals surface area contributed by atoms with Gasteiger partial charge < -0.3 is 20.4 Å². The highest BCUT2D eigenvalue weighted by molar-refractivity contribution is 6.29. The van der Waals surface area contributed by atoms with Gasteiger partial charge in [0.25, 0.3) is 11.8 Å². The molecule has 0 bridgehead atoms. The Balaban J connectivity index is 0.000000578. The summed E-state index contributed by atoms with van der Waals surface area (Å²) >= 11 is 5.77. The van der Waals surface area contributed by atoms with Crippen LogP contribution in [0.4, 0.5) is 5.69 Å². The second-order valence-electron chi connectivity index (χ2n) is 8.78. The summed E-state index contributed by atoms with van der Waals surface area (Å²) in [4.78, 5) is 25.9. The van der Waals surface area contributed by atoms with Gasteiger partial charge in [-0.05, 0) is 57.7 Å². The summed E-state index contributed by atoms with van der Waals surface area (Å²) in [6.07, 6.45) is 12.0. The molecule has 216 valence electrons. The number of aliphatic hydroxyl groups is 2. The second-order valence-corrected chi connectivity index (χ2v) is 9.27. The first-order chi connectivity index (χ1) is 18.8. The molecule has 1 aliphatic heterocycles. The molecule has 8 nitrogen and oxygen atoms in total. The standard InChI is InChI=1S/C20H30N4O4.C8H9Cl.C2H6/c1-4-21-24(5-2)16-10-8-15(9-11-16)14(3)22-19(27)17(25)18(26)20(28)23-12-6-7-13-23;9-8-6-4-2-1-3-5-7-8;1-2/h4,8-11,14,17-18,25-26H,5-7,12-13H2,1-3H3,(H,22,27);1-4,7H,5-6H2;1-2H3/b21-4-;3-1-,4-2?,8-7+;. The Kier molecular flexibility index (Phi) is 16.8. The van der Waals surface area contributed by atoms with Gasteiger partial charge in [-0.2, -0.15) is 5.10 Å². The van der Waals surface area contributed by atoms with Crippen molar-refractivity contribution in [1.82, 2.24) is 10.2 Å². The number of rotatable bonds is 8. The lowest BCUT2D eigenvalue weighted by atomic mass is 10.1. The summed E-state index contributed by atoms with van der Waals surface area (Å²) in [5, 5.41) is 29.8. The van der Waals surface area contributed by atoms with E-state index in [1.54, 1.807) is 13.1 Å². The fraction of sp³-hybridized carbons (Fsp3) is 0.500. The quantitative estimate of drug-likeness (QED) is 0.304. The van der Waals surface area contributed by atoms with Gasteiger partial charge in [0.05, 0.1) is 11.7 Å². The Morgan fingerprint density at radius 2 is 1.72 bits per heavy atom. The van der Waals surface area contributed by atoms with Crippen LogP contribution in [-0.4, -0.2) is 65.0 Å². The van der Waals surface area contributed by atoms with Gasteiger partial charge in [0, 0.05) is 37.3 Å². The van der Waals surface area contributed by atoms with Gasteiger partial charge in [-0.3, -0.25) is 14.6 Å². The normalized spacial score (nSPS) is 19.1. The van der Waals surface area contributed by atoms with Gasteiger partial charge >= 0.3 is 0 Å². The van der Waals surface area contributed by atoms with E-state index < -0.39 is 30.1 Å². The molecule has 2 amide bonds. The predicted molar refractivity (Wildman–Crippen MR) is 161 cm³/mol. The van der Waals surface area contributed by atoms with E-state index >= 15 is 0 Å². The van der Waals surface area contributed by atoms with Crippen molar-refractivity contribution in [2.45, 2.75) is 78.6 Å². The fourth-order valence-electron chi connectivity index (χ4n) is 3.89. The number of aliphatic hydroxyl groups excluding tert-OH is 2. The smallest absolute Gasteiger partial charge is 0.254 e. The van der Waals surface area contributed by atoms with E-state index in [1.165, 1.54) is 4.90 Å². The van der Waals surface area contributed by atoms with Crippen molar-refractivity contribution in [1.29, 1.82) is 0 Å². The molecule has 3 atom stereocenters. The Labute approximate surface area is 238 Å². The Hall–Kier alpha value is -2.94. The van der Waals surface area contributed by atoms with Gasteiger partial charge in [0.2, 0.25) is 0 Å². The minimum absolute atomic E-state index is 0.393. The summed E-state index contributed by atoms with van der Waals surface area (Å²) < 4.78 is 0. The number of benzene rings is 1. The summed E-state index contributed by atoms with van der Waals surface area (Å²) in [5.74, 6) is -1.38. The van der Waals surface area contributed by atoms with Crippen LogP contribution in [0.1, 0.15) is 71.9 Å². The number of carbonyl (C=O) groups excluding carboxylic acids is 2. The number of hydrogen-bond acceptors (Lipinski definition) is 6. The van der Waals surface area contributed by atoms with Crippen LogP contribution in [0.25, 0.3) is 0 Å². The number of nitrogens with one attached hydrogen (secondary N) is 1. The summed E-state index contributed by atoms with van der Waals surface area (Å²) in [6.45, 7) is 11.4. The Bertz CT molecular complexity index is 985. The molecule has 0 radical (unpaired) electrons. The first-order valence-corrected chi connectivity index (χ1v) is 14.1. The number of amides is 2. The van der Waals surface area contributed by atoms with Crippen LogP contribution < -0.4 is 10.3 Å². The average Bonchev–Trinajstić information content (AvgIpc) is 3.49. The molecule has 0 saturated carbocycles. The first-order valence-electron chi connectivity index (χ1n) is 13.8. The van der Waals surface area contributed by atoms with Gasteiger partial charge in [0.15, 0.2) is 12.2 Å². The number of likely N-dealkylation sites (tertiary alicyclic amines) is 1. The topological polar surface area (TPSA) is 105 Å². The number of nitrogens with zero attached hydrogens (tertiary/aromatic N) is 3. The fourth-order valence-corrected chi connectivity index (χ4v) is 4.06. The van der Waals surface area contributed by atoms with Crippen LogP contribution in [0.2, 0.25) is 0 Å². The van der Waals surface area contributed by atoms with Gasteiger partial charge in [-0.15, -0.1) is 0 Å². The van der Waals surface area contributed by atoms with Gasteiger partial charge in [-0.25, -0.2) is 0 Å². The summed E-state index contributed by atoms with van der Waals surface area (Å²) in [7, 11) is 0. The number of carbonyl (C=O) groups is 2. The highest BCUT2D eigenvalue weighted by atomic mass is 35.5. The molecular formula is C30H45ClN4O4. The van der Waals surface area contributed by atoms with Crippen LogP contribution in [0.3, 0.4) is 0 Å². The molecule has 1 saturated heterocycles. The molecule has 2 aliphatic rings. The largest absolute Gasteiger partial charge is 0.380 e. The van der Waals surface area contributed by atoms with E-state index in [9.17, 15) is 19.8 Å². The minimum atomic E-state index is -1.80. The maximum atomic E-state index is 12.3. The minimum Gasteiger partial charge on any atom is -0.380 e. The maximum Gasteiger partial charge on any atom is 0.254 e. The Morgan fingerprint density at radius 3 is 2.31 bits per heavy atom. The zero-order valence-corrected chi connectivity index (χ0v) is 24.6. The van der Waals surface area contributed by atoms with Crippen LogP contribution in [0.5, 0.6) is 0 Å². The maximum absolute atomic E-state index is 12.3. The molecule has 1 aromatic carbocycles. The zero-order valence-electron chi connectivity index (χ0n) is 23.9. The third-order valence-electron chi connectivity index (χ3n) is 6.01. The van der Waals surface area contributed by atoms with Crippen molar-refractivity contribution in [2.24, 2.45) is 5.10 Å². The number of hydrazone groups is 1. The van der Waals surface area contributed by atoms with E-state index in [4.69, 9.17) is 11.6 Å². The summed E-state index contributed by atoms with van der Waals surface area (Å²) in [5.41, 5.74) is 1.76. The van der Waals surface area contributed by atoms with Crippen molar-refractivity contribution < 1.29 is 19.8 Å². The van der Waals surface area contributed by atoms with Crippen molar-refractivity contribution in [3.63, 3.8) is 0 Å². The molecule has 0 aromatic heterocycles. The monoisotopic (exact) mass is 560 g/mol. The van der Waals surface area contributed by atoms with Crippen LogP contribution in [-0.2, 0) is 9.59 Å². The van der Waals surface area contributed by atoms with Crippen LogP contribution in [0, 0.1) is 0 Å². The number of allylic oxidation sites excluding steroid dienone is 6. The van der Waals surface area contributed by atoms with E-state index in [1.807, 2.05) is 75.2 Å². The van der Waals surface area contributed by atoms with Gasteiger partial charge in [-0.1, -0.05) is 68.0 Å². The van der Waals surface area contributed by atoms with Crippen molar-refractivity contribution in [2.75, 3.05) is 24.6 Å². The number of halogens is 1. The molecule has 1 fully saturated rings. The highest BCUT2D eigenvalue weighted by Gasteiger charge is 2.34. The molecule has 3 N–H and O–H groups in total. The molecule has 1 aliphatic carbocycles. The Morgan fingerprint density at radius 1 is 1.10 bits per heavy atom. The lowest BCUT2D eigenvalue weighted by Crippen LogP contribution is -2.50. The highest BCUT2D eigenvalue weighted by Crippen LogP contribution is 2.20. The lowest BCUT2D eigenvalue weighted by molar-refractivity contribution is -0.152. The van der Waals surface area contributed by atoms with E-state index in [2.05, 4.69) is 22.6 Å². The molecular weight excluding hydrogens is 516 g/mol. The van der Waals surface area contributed by atoms with E-state index in [0.29, 0.717) is 13.1 Å². The van der Waals surface area contributed by atoms with Gasteiger partial charge in [0.1, 0.15) is 0 Å². The summed E-state index contributed by atoms with van der Waals surface area (Å²) in [6, 6.07) is 7.14. The van der Waals surface area contributed by atoms with E-state index in [0.717, 1.165) is 48.5 Å². The molecule has 1 heterocycles. The SMILES string of the molecule is C/C=N\N(CC)c1ccc(C(C)NC(=O)C(O)C(O)C(=O)N2CCCC2)cc1.CC.Cl/C1=C/C/C=C\C=CC1. The average molecular weight is 561 g/mol. The predicted octanol–water partition coefficient (Wildman–Crippen LogP) is 5.08. The van der Waals surface area contributed by atoms with Crippen LogP contribution >= 0.6 is 11.6 Å². The second kappa shape index (κ2) is 19.2. The third kappa shape index (κ3) is 11.8. The lowest BCUT2D eigenvalue weighted by Gasteiger charge is -2.24. The van der Waals surface area contributed by atoms with Crippen molar-refractivity contribution in [3.8, 4) is 0 Å².